The first-order chi connectivity index (χ1) is 12.1. The zero-order valence-electron chi connectivity index (χ0n) is 14.1. The number of aromatic nitrogens is 1. The summed E-state index contributed by atoms with van der Waals surface area (Å²) in [5, 5.41) is 0. The number of carbonyl (C=O) groups excluding carboxylic acids is 1. The number of amides is 1. The van der Waals surface area contributed by atoms with Crippen LogP contribution in [0.15, 0.2) is 45.5 Å². The first-order valence-corrected chi connectivity index (χ1v) is 9.23. The van der Waals surface area contributed by atoms with Crippen LogP contribution in [0.5, 0.6) is 0 Å². The average Bonchev–Trinajstić information content (AvgIpc) is 3.14. The molecule has 1 amide bonds. The number of fused-ring (bicyclic) bond motifs is 1. The number of benzene rings is 1. The van der Waals surface area contributed by atoms with Crippen LogP contribution in [-0.4, -0.2) is 46.9 Å². The van der Waals surface area contributed by atoms with E-state index in [0.29, 0.717) is 15.9 Å². The largest absolute Gasteiger partial charge is 0.448 e. The second-order valence-corrected chi connectivity index (χ2v) is 7.29. The Kier molecular flexibility index (Phi) is 4.39. The van der Waals surface area contributed by atoms with E-state index < -0.39 is 0 Å². The van der Waals surface area contributed by atoms with Crippen molar-refractivity contribution in [3.63, 3.8) is 0 Å². The molecule has 1 aliphatic rings. The fraction of sp³-hybridized carbons (Fsp3) is 0.316. The zero-order chi connectivity index (χ0) is 17.4. The van der Waals surface area contributed by atoms with E-state index in [1.54, 1.807) is 6.07 Å². The van der Waals surface area contributed by atoms with Crippen molar-refractivity contribution in [3.05, 3.63) is 57.9 Å². The summed E-state index contributed by atoms with van der Waals surface area (Å²) in [7, 11) is 0. The lowest BCUT2D eigenvalue weighted by Gasteiger charge is -2.34. The van der Waals surface area contributed by atoms with Crippen LogP contribution in [0.4, 0.5) is 0 Å². The third-order valence-electron chi connectivity index (χ3n) is 4.82. The third kappa shape index (κ3) is 3.37. The van der Waals surface area contributed by atoms with Crippen LogP contribution >= 0.6 is 15.9 Å². The summed E-state index contributed by atoms with van der Waals surface area (Å²) in [6, 6.07) is 12.1. The number of rotatable bonds is 3. The first-order valence-electron chi connectivity index (χ1n) is 8.44. The van der Waals surface area contributed by atoms with Gasteiger partial charge in [-0.2, -0.15) is 0 Å². The van der Waals surface area contributed by atoms with Crippen LogP contribution in [0.3, 0.4) is 0 Å². The molecule has 1 aromatic carbocycles. The topological polar surface area (TPSA) is 52.5 Å². The number of nitrogens with zero attached hydrogens (tertiary/aromatic N) is 2. The van der Waals surface area contributed by atoms with Crippen molar-refractivity contribution in [3.8, 4) is 0 Å². The van der Waals surface area contributed by atoms with Gasteiger partial charge < -0.3 is 14.3 Å². The molecular weight excluding hydrogens is 382 g/mol. The molecule has 1 aliphatic heterocycles. The molecule has 3 heterocycles. The van der Waals surface area contributed by atoms with Crippen LogP contribution in [0.2, 0.25) is 0 Å². The van der Waals surface area contributed by atoms with Gasteiger partial charge in [0.15, 0.2) is 10.3 Å². The summed E-state index contributed by atoms with van der Waals surface area (Å²) in [6.07, 6.45) is 0. The highest BCUT2D eigenvalue weighted by atomic mass is 79.9. The Bertz CT molecular complexity index is 875. The van der Waals surface area contributed by atoms with Crippen LogP contribution in [0, 0.1) is 6.92 Å². The maximum atomic E-state index is 12.7. The average molecular weight is 402 g/mol. The van der Waals surface area contributed by atoms with E-state index in [4.69, 9.17) is 4.42 Å². The number of carbonyl (C=O) groups is 1. The summed E-state index contributed by atoms with van der Waals surface area (Å²) >= 11 is 3.29. The maximum absolute atomic E-state index is 12.7. The molecular formula is C19H20BrN3O2. The fourth-order valence-corrected chi connectivity index (χ4v) is 3.72. The Balaban J connectivity index is 1.38. The molecule has 1 fully saturated rings. The standard InChI is InChI=1S/C19H20BrN3O2/c1-13-4-2-3-5-14(13)12-22-6-8-23(9-7-22)19(24)16-10-17-15(21-16)11-18(20)25-17/h2-5,10-11,21H,6-9,12H2,1H3. The van der Waals surface area contributed by atoms with E-state index in [-0.39, 0.29) is 5.91 Å². The quantitative estimate of drug-likeness (QED) is 0.726. The molecule has 0 unspecified atom stereocenters. The van der Waals surface area contributed by atoms with Gasteiger partial charge in [-0.25, -0.2) is 0 Å². The van der Waals surface area contributed by atoms with Crippen LogP contribution in [0.1, 0.15) is 21.6 Å². The van der Waals surface area contributed by atoms with E-state index in [0.717, 1.165) is 38.2 Å². The molecule has 5 nitrogen and oxygen atoms in total. The van der Waals surface area contributed by atoms with E-state index in [9.17, 15) is 4.79 Å². The first kappa shape index (κ1) is 16.4. The number of aromatic amines is 1. The van der Waals surface area contributed by atoms with Crippen LogP contribution in [0.25, 0.3) is 11.1 Å². The zero-order valence-corrected chi connectivity index (χ0v) is 15.7. The van der Waals surface area contributed by atoms with Crippen molar-refractivity contribution in [2.75, 3.05) is 26.2 Å². The van der Waals surface area contributed by atoms with E-state index in [1.807, 2.05) is 11.0 Å². The minimum atomic E-state index is 0.0399. The van der Waals surface area contributed by atoms with Crippen molar-refractivity contribution in [2.24, 2.45) is 0 Å². The number of hydrogen-bond donors (Lipinski definition) is 1. The maximum Gasteiger partial charge on any atom is 0.270 e. The Labute approximate surface area is 154 Å². The Morgan fingerprint density at radius 2 is 1.96 bits per heavy atom. The van der Waals surface area contributed by atoms with Crippen molar-refractivity contribution in [2.45, 2.75) is 13.5 Å². The van der Waals surface area contributed by atoms with Crippen molar-refractivity contribution >= 4 is 32.9 Å². The van der Waals surface area contributed by atoms with Gasteiger partial charge in [0.2, 0.25) is 0 Å². The Morgan fingerprint density at radius 1 is 1.20 bits per heavy atom. The second kappa shape index (κ2) is 6.69. The number of piperazine rings is 1. The number of furan rings is 1. The van der Waals surface area contributed by atoms with Crippen molar-refractivity contribution < 1.29 is 9.21 Å². The highest BCUT2D eigenvalue weighted by Crippen LogP contribution is 2.24. The Morgan fingerprint density at radius 3 is 2.68 bits per heavy atom. The monoisotopic (exact) mass is 401 g/mol. The summed E-state index contributed by atoms with van der Waals surface area (Å²) in [5.41, 5.74) is 4.81. The lowest BCUT2D eigenvalue weighted by molar-refractivity contribution is 0.0623. The molecule has 1 saturated heterocycles. The van der Waals surface area contributed by atoms with Gasteiger partial charge in [-0.05, 0) is 34.0 Å². The van der Waals surface area contributed by atoms with Gasteiger partial charge in [-0.1, -0.05) is 24.3 Å². The molecule has 6 heteroatoms. The van der Waals surface area contributed by atoms with Gasteiger partial charge in [0.25, 0.3) is 5.91 Å². The number of halogens is 1. The minimum absolute atomic E-state index is 0.0399. The third-order valence-corrected chi connectivity index (χ3v) is 5.21. The molecule has 0 aliphatic carbocycles. The van der Waals surface area contributed by atoms with Crippen LogP contribution in [-0.2, 0) is 6.54 Å². The molecule has 0 bridgehead atoms. The summed E-state index contributed by atoms with van der Waals surface area (Å²) in [6.45, 7) is 6.36. The summed E-state index contributed by atoms with van der Waals surface area (Å²) < 4.78 is 6.15. The van der Waals surface area contributed by atoms with Crippen molar-refractivity contribution in [1.29, 1.82) is 0 Å². The van der Waals surface area contributed by atoms with Crippen molar-refractivity contribution in [1.82, 2.24) is 14.8 Å². The van der Waals surface area contributed by atoms with Gasteiger partial charge in [-0.15, -0.1) is 0 Å². The molecule has 4 rings (SSSR count). The predicted molar refractivity (Wildman–Crippen MR) is 101 cm³/mol. The molecule has 0 saturated carbocycles. The normalized spacial score (nSPS) is 15.8. The van der Waals surface area contributed by atoms with E-state index in [2.05, 4.69) is 57.0 Å². The Hall–Kier alpha value is -2.05. The molecule has 0 radical (unpaired) electrons. The van der Waals surface area contributed by atoms with E-state index >= 15 is 0 Å². The smallest absolute Gasteiger partial charge is 0.270 e. The van der Waals surface area contributed by atoms with Gasteiger partial charge in [0.05, 0.1) is 5.52 Å². The predicted octanol–water partition coefficient (Wildman–Crippen LogP) is 3.79. The van der Waals surface area contributed by atoms with Gasteiger partial charge in [-0.3, -0.25) is 9.69 Å². The number of nitrogens with one attached hydrogen (secondary N) is 1. The molecule has 2 aromatic heterocycles. The second-order valence-electron chi connectivity index (χ2n) is 6.51. The lowest BCUT2D eigenvalue weighted by Crippen LogP contribution is -2.48. The summed E-state index contributed by atoms with van der Waals surface area (Å²) in [5.74, 6) is 0.0399. The van der Waals surface area contributed by atoms with Crippen LogP contribution < -0.4 is 0 Å². The SMILES string of the molecule is Cc1ccccc1CN1CCN(C(=O)c2cc3oc(Br)cc3[nH]2)CC1. The number of aryl methyl sites for hydroxylation is 1. The van der Waals surface area contributed by atoms with E-state index in [1.165, 1.54) is 11.1 Å². The minimum Gasteiger partial charge on any atom is -0.448 e. The van der Waals surface area contributed by atoms with Gasteiger partial charge in [0, 0.05) is 44.9 Å². The fourth-order valence-electron chi connectivity index (χ4n) is 3.31. The molecule has 1 N–H and O–H groups in total. The summed E-state index contributed by atoms with van der Waals surface area (Å²) in [4.78, 5) is 20.2. The van der Waals surface area contributed by atoms with Gasteiger partial charge in [0.1, 0.15) is 5.69 Å². The molecule has 0 atom stereocenters. The molecule has 25 heavy (non-hydrogen) atoms. The number of hydrogen-bond acceptors (Lipinski definition) is 3. The molecule has 0 spiro atoms. The van der Waals surface area contributed by atoms with Gasteiger partial charge >= 0.3 is 0 Å². The highest BCUT2D eigenvalue weighted by molar-refractivity contribution is 9.10. The molecule has 130 valence electrons. The number of H-pyrrole nitrogens is 1. The lowest BCUT2D eigenvalue weighted by atomic mass is 10.1. The molecule has 3 aromatic rings. The highest BCUT2D eigenvalue weighted by Gasteiger charge is 2.24.